The first kappa shape index (κ1) is 10.8. The molecule has 1 aromatic carbocycles. The Kier molecular flexibility index (Phi) is 2.96. The van der Waals surface area contributed by atoms with Gasteiger partial charge in [-0.1, -0.05) is 0 Å². The molecule has 0 fully saturated rings. The number of aromatic nitrogens is 2. The third kappa shape index (κ3) is 2.34. The fourth-order valence-corrected chi connectivity index (χ4v) is 1.73. The quantitative estimate of drug-likeness (QED) is 0.877. The Balaban J connectivity index is 1.83. The first-order valence-electron chi connectivity index (χ1n) is 5.85. The van der Waals surface area contributed by atoms with Gasteiger partial charge in [0.15, 0.2) is 11.5 Å². The molecule has 0 spiro atoms. The molecule has 1 aliphatic heterocycles. The Bertz CT molecular complexity index is 531. The van der Waals surface area contributed by atoms with Gasteiger partial charge in [-0.2, -0.15) is 0 Å². The van der Waals surface area contributed by atoms with E-state index in [1.807, 2.05) is 18.2 Å². The summed E-state index contributed by atoms with van der Waals surface area (Å²) in [4.78, 5) is 8.22. The lowest BCUT2D eigenvalue weighted by molar-refractivity contribution is 0.297. The van der Waals surface area contributed by atoms with Crippen LogP contribution in [-0.2, 0) is 0 Å². The second-order valence-corrected chi connectivity index (χ2v) is 3.91. The van der Waals surface area contributed by atoms with Crippen molar-refractivity contribution in [2.75, 3.05) is 18.5 Å². The highest BCUT2D eigenvalue weighted by Gasteiger charge is 2.10. The number of anilines is 2. The van der Waals surface area contributed by atoms with Crippen molar-refractivity contribution in [1.29, 1.82) is 0 Å². The van der Waals surface area contributed by atoms with Crippen LogP contribution in [0.15, 0.2) is 36.7 Å². The summed E-state index contributed by atoms with van der Waals surface area (Å²) in [5, 5.41) is 3.12. The van der Waals surface area contributed by atoms with Crippen LogP contribution in [-0.4, -0.2) is 23.2 Å². The van der Waals surface area contributed by atoms with E-state index in [-0.39, 0.29) is 0 Å². The Morgan fingerprint density at radius 3 is 2.61 bits per heavy atom. The van der Waals surface area contributed by atoms with Crippen molar-refractivity contribution in [2.24, 2.45) is 0 Å². The molecule has 5 nitrogen and oxygen atoms in total. The molecule has 2 aromatic rings. The third-order valence-corrected chi connectivity index (χ3v) is 2.57. The average molecular weight is 243 g/mol. The molecule has 3 rings (SSSR count). The van der Waals surface area contributed by atoms with Crippen molar-refractivity contribution >= 4 is 11.6 Å². The van der Waals surface area contributed by atoms with Crippen molar-refractivity contribution in [3.05, 3.63) is 36.7 Å². The normalized spacial score (nSPS) is 13.8. The van der Waals surface area contributed by atoms with Gasteiger partial charge in [0.1, 0.15) is 0 Å². The summed E-state index contributed by atoms with van der Waals surface area (Å²) in [6.07, 6.45) is 4.29. The largest absolute Gasteiger partial charge is 0.490 e. The van der Waals surface area contributed by atoms with E-state index in [1.54, 1.807) is 18.5 Å². The molecule has 2 heterocycles. The average Bonchev–Trinajstić information content (AvgIpc) is 2.64. The molecule has 1 N–H and O–H groups in total. The highest BCUT2D eigenvalue weighted by atomic mass is 16.5. The van der Waals surface area contributed by atoms with E-state index in [9.17, 15) is 0 Å². The van der Waals surface area contributed by atoms with Gasteiger partial charge >= 0.3 is 0 Å². The monoisotopic (exact) mass is 243 g/mol. The lowest BCUT2D eigenvalue weighted by Gasteiger charge is -2.09. The molecule has 0 radical (unpaired) electrons. The maximum Gasteiger partial charge on any atom is 0.227 e. The Labute approximate surface area is 105 Å². The molecular formula is C13H13N3O2. The second-order valence-electron chi connectivity index (χ2n) is 3.91. The number of benzene rings is 1. The molecule has 0 atom stereocenters. The van der Waals surface area contributed by atoms with Crippen molar-refractivity contribution in [3.63, 3.8) is 0 Å². The Morgan fingerprint density at radius 2 is 1.78 bits per heavy atom. The molecule has 0 amide bonds. The highest BCUT2D eigenvalue weighted by molar-refractivity contribution is 5.59. The first-order chi connectivity index (χ1) is 8.92. The summed E-state index contributed by atoms with van der Waals surface area (Å²) in [6, 6.07) is 7.49. The first-order valence-corrected chi connectivity index (χ1v) is 5.85. The molecule has 18 heavy (non-hydrogen) atoms. The number of fused-ring (bicyclic) bond motifs is 1. The van der Waals surface area contributed by atoms with E-state index < -0.39 is 0 Å². The number of rotatable bonds is 2. The lowest BCUT2D eigenvalue weighted by atomic mass is 10.3. The SMILES string of the molecule is c1cnc(Nc2ccc3c(c2)OCCCO3)nc1. The van der Waals surface area contributed by atoms with Crippen LogP contribution in [0, 0.1) is 0 Å². The molecule has 1 aromatic heterocycles. The maximum absolute atomic E-state index is 5.62. The molecule has 1 aliphatic rings. The maximum atomic E-state index is 5.62. The minimum atomic E-state index is 0.562. The number of hydrogen-bond acceptors (Lipinski definition) is 5. The summed E-state index contributed by atoms with van der Waals surface area (Å²) in [7, 11) is 0. The van der Waals surface area contributed by atoms with E-state index >= 15 is 0 Å². The van der Waals surface area contributed by atoms with Crippen LogP contribution in [0.3, 0.4) is 0 Å². The summed E-state index contributed by atoms with van der Waals surface area (Å²) in [5.74, 6) is 2.10. The lowest BCUT2D eigenvalue weighted by Crippen LogP contribution is -1.98. The zero-order valence-electron chi connectivity index (χ0n) is 9.80. The van der Waals surface area contributed by atoms with E-state index in [1.165, 1.54) is 0 Å². The second kappa shape index (κ2) is 4.91. The van der Waals surface area contributed by atoms with Crippen molar-refractivity contribution < 1.29 is 9.47 Å². The summed E-state index contributed by atoms with van der Waals surface area (Å²) in [5.41, 5.74) is 0.880. The van der Waals surface area contributed by atoms with Crippen LogP contribution in [0.5, 0.6) is 11.5 Å². The van der Waals surface area contributed by atoms with Crippen LogP contribution in [0.1, 0.15) is 6.42 Å². The predicted octanol–water partition coefficient (Wildman–Crippen LogP) is 2.38. The molecule has 0 aliphatic carbocycles. The van der Waals surface area contributed by atoms with Crippen LogP contribution < -0.4 is 14.8 Å². The summed E-state index contributed by atoms with van der Waals surface area (Å²) >= 11 is 0. The Hall–Kier alpha value is -2.30. The minimum Gasteiger partial charge on any atom is -0.490 e. The van der Waals surface area contributed by atoms with Gasteiger partial charge in [-0.05, 0) is 18.2 Å². The molecule has 92 valence electrons. The molecule has 0 saturated heterocycles. The number of hydrogen-bond donors (Lipinski definition) is 1. The molecular weight excluding hydrogens is 230 g/mol. The molecule has 0 saturated carbocycles. The van der Waals surface area contributed by atoms with E-state index in [0.717, 1.165) is 23.6 Å². The number of nitrogens with zero attached hydrogens (tertiary/aromatic N) is 2. The number of ether oxygens (including phenoxy) is 2. The van der Waals surface area contributed by atoms with Gasteiger partial charge in [0, 0.05) is 30.6 Å². The minimum absolute atomic E-state index is 0.562. The van der Waals surface area contributed by atoms with Crippen LogP contribution in [0.2, 0.25) is 0 Å². The van der Waals surface area contributed by atoms with Gasteiger partial charge in [0.2, 0.25) is 5.95 Å². The fourth-order valence-electron chi connectivity index (χ4n) is 1.73. The van der Waals surface area contributed by atoms with Gasteiger partial charge in [-0.3, -0.25) is 0 Å². The van der Waals surface area contributed by atoms with Gasteiger partial charge in [-0.25, -0.2) is 9.97 Å². The van der Waals surface area contributed by atoms with Crippen molar-refractivity contribution in [1.82, 2.24) is 9.97 Å². The number of nitrogens with one attached hydrogen (secondary N) is 1. The van der Waals surface area contributed by atoms with Crippen LogP contribution in [0.4, 0.5) is 11.6 Å². The van der Waals surface area contributed by atoms with Crippen molar-refractivity contribution in [2.45, 2.75) is 6.42 Å². The predicted molar refractivity (Wildman–Crippen MR) is 67.4 cm³/mol. The highest BCUT2D eigenvalue weighted by Crippen LogP contribution is 2.32. The Morgan fingerprint density at radius 1 is 1.00 bits per heavy atom. The summed E-state index contributed by atoms with van der Waals surface area (Å²) < 4.78 is 11.2. The standard InChI is InChI=1S/C13H13N3O2/c1-5-14-13(15-6-1)16-10-3-4-11-12(9-10)18-8-2-7-17-11/h1,3-6,9H,2,7-8H2,(H,14,15,16). The zero-order chi connectivity index (χ0) is 12.2. The third-order valence-electron chi connectivity index (χ3n) is 2.57. The topological polar surface area (TPSA) is 56.3 Å². The van der Waals surface area contributed by atoms with Crippen LogP contribution in [0.25, 0.3) is 0 Å². The van der Waals surface area contributed by atoms with E-state index in [4.69, 9.17) is 9.47 Å². The summed E-state index contributed by atoms with van der Waals surface area (Å²) in [6.45, 7) is 1.37. The molecule has 0 bridgehead atoms. The van der Waals surface area contributed by atoms with E-state index in [2.05, 4.69) is 15.3 Å². The van der Waals surface area contributed by atoms with E-state index in [0.29, 0.717) is 19.2 Å². The smallest absolute Gasteiger partial charge is 0.227 e. The van der Waals surface area contributed by atoms with Crippen molar-refractivity contribution in [3.8, 4) is 11.5 Å². The zero-order valence-corrected chi connectivity index (χ0v) is 9.80. The van der Waals surface area contributed by atoms with Gasteiger partial charge in [0.25, 0.3) is 0 Å². The van der Waals surface area contributed by atoms with Crippen LogP contribution >= 0.6 is 0 Å². The van der Waals surface area contributed by atoms with Gasteiger partial charge in [-0.15, -0.1) is 0 Å². The van der Waals surface area contributed by atoms with Gasteiger partial charge < -0.3 is 14.8 Å². The molecule has 0 unspecified atom stereocenters. The fraction of sp³-hybridized carbons (Fsp3) is 0.231. The van der Waals surface area contributed by atoms with Gasteiger partial charge in [0.05, 0.1) is 13.2 Å². The molecule has 5 heteroatoms.